The fraction of sp³-hybridized carbons (Fsp3) is 0.250. The van der Waals surface area contributed by atoms with Crippen molar-refractivity contribution in [2.24, 2.45) is 5.92 Å². The summed E-state index contributed by atoms with van der Waals surface area (Å²) in [6.45, 7) is 0. The first-order valence-corrected chi connectivity index (χ1v) is 6.11. The van der Waals surface area contributed by atoms with Gasteiger partial charge in [0.25, 0.3) is 0 Å². The van der Waals surface area contributed by atoms with Gasteiger partial charge in [-0.05, 0) is 40.9 Å². The van der Waals surface area contributed by atoms with Crippen LogP contribution in [0.3, 0.4) is 0 Å². The molecule has 1 aromatic carbocycles. The highest BCUT2D eigenvalue weighted by molar-refractivity contribution is 9.10. The molecule has 1 aliphatic rings. The maximum absolute atomic E-state index is 11.7. The number of carbonyl (C=O) groups excluding carboxylic acids is 1. The Hall–Kier alpha value is -1.29. The first kappa shape index (κ1) is 9.90. The lowest BCUT2D eigenvalue weighted by atomic mass is 10.2. The van der Waals surface area contributed by atoms with E-state index in [9.17, 15) is 4.79 Å². The van der Waals surface area contributed by atoms with Crippen molar-refractivity contribution >= 4 is 38.4 Å². The zero-order valence-electron chi connectivity index (χ0n) is 8.59. The Balaban J connectivity index is 1.96. The second-order valence-electron chi connectivity index (χ2n) is 4.13. The zero-order chi connectivity index (χ0) is 11.1. The van der Waals surface area contributed by atoms with Crippen LogP contribution >= 0.6 is 15.9 Å². The summed E-state index contributed by atoms with van der Waals surface area (Å²) in [6, 6.07) is 5.94. The van der Waals surface area contributed by atoms with Gasteiger partial charge in [0.05, 0.1) is 15.7 Å². The van der Waals surface area contributed by atoms with Crippen LogP contribution in [-0.2, 0) is 4.79 Å². The molecule has 1 heterocycles. The minimum Gasteiger partial charge on any atom is -0.360 e. The normalized spacial score (nSPS) is 15.3. The predicted octanol–water partition coefficient (Wildman–Crippen LogP) is 3.28. The Morgan fingerprint density at radius 1 is 1.38 bits per heavy atom. The Labute approximate surface area is 101 Å². The molecule has 4 heteroatoms. The Bertz CT molecular complexity index is 557. The van der Waals surface area contributed by atoms with Crippen LogP contribution in [0.1, 0.15) is 12.8 Å². The fourth-order valence-electron chi connectivity index (χ4n) is 1.77. The largest absolute Gasteiger partial charge is 0.360 e. The van der Waals surface area contributed by atoms with Gasteiger partial charge in [-0.1, -0.05) is 6.07 Å². The minimum absolute atomic E-state index is 0.131. The van der Waals surface area contributed by atoms with E-state index in [0.29, 0.717) is 0 Å². The molecular formula is C12H11BrN2O. The molecule has 0 spiro atoms. The number of aromatic nitrogens is 1. The number of fused-ring (bicyclic) bond motifs is 1. The lowest BCUT2D eigenvalue weighted by molar-refractivity contribution is -0.117. The van der Waals surface area contributed by atoms with E-state index in [1.165, 1.54) is 0 Å². The standard InChI is InChI=1S/C12H11BrN2O/c13-10-9(15-12(16)8-1-2-8)4-3-7-5-6-14-11(7)10/h3-6,8,14H,1-2H2,(H,15,16). The molecule has 0 aliphatic heterocycles. The summed E-state index contributed by atoms with van der Waals surface area (Å²) in [5, 5.41) is 4.08. The molecule has 1 aliphatic carbocycles. The molecule has 2 aromatic rings. The third-order valence-corrected chi connectivity index (χ3v) is 3.69. The summed E-state index contributed by atoms with van der Waals surface area (Å²) in [5.41, 5.74) is 1.86. The molecule has 0 bridgehead atoms. The Kier molecular flexibility index (Phi) is 2.24. The predicted molar refractivity (Wildman–Crippen MR) is 67.4 cm³/mol. The number of benzene rings is 1. The van der Waals surface area contributed by atoms with Gasteiger partial charge >= 0.3 is 0 Å². The van der Waals surface area contributed by atoms with Crippen molar-refractivity contribution in [1.82, 2.24) is 4.98 Å². The molecule has 16 heavy (non-hydrogen) atoms. The first-order chi connectivity index (χ1) is 7.75. The monoisotopic (exact) mass is 278 g/mol. The van der Waals surface area contributed by atoms with Crippen LogP contribution in [0.5, 0.6) is 0 Å². The van der Waals surface area contributed by atoms with Crippen molar-refractivity contribution in [3.8, 4) is 0 Å². The second-order valence-corrected chi connectivity index (χ2v) is 4.93. The summed E-state index contributed by atoms with van der Waals surface area (Å²) in [5.74, 6) is 0.359. The number of hydrogen-bond acceptors (Lipinski definition) is 1. The van der Waals surface area contributed by atoms with Gasteiger partial charge in [-0.3, -0.25) is 4.79 Å². The SMILES string of the molecule is O=C(Nc1ccc2cc[nH]c2c1Br)C1CC1. The van der Waals surface area contributed by atoms with Crippen molar-refractivity contribution in [1.29, 1.82) is 0 Å². The molecule has 0 unspecified atom stereocenters. The number of H-pyrrole nitrogens is 1. The van der Waals surface area contributed by atoms with Crippen LogP contribution < -0.4 is 5.32 Å². The van der Waals surface area contributed by atoms with Gasteiger partial charge in [0.1, 0.15) is 0 Å². The Morgan fingerprint density at radius 2 is 2.19 bits per heavy atom. The molecule has 1 amide bonds. The van der Waals surface area contributed by atoms with Crippen molar-refractivity contribution in [3.05, 3.63) is 28.9 Å². The van der Waals surface area contributed by atoms with Gasteiger partial charge in [-0.2, -0.15) is 0 Å². The van der Waals surface area contributed by atoms with E-state index in [1.807, 2.05) is 24.4 Å². The van der Waals surface area contributed by atoms with Crippen LogP contribution in [0, 0.1) is 5.92 Å². The van der Waals surface area contributed by atoms with Gasteiger partial charge in [0.15, 0.2) is 0 Å². The fourth-order valence-corrected chi connectivity index (χ4v) is 2.34. The van der Waals surface area contributed by atoms with E-state index in [-0.39, 0.29) is 11.8 Å². The molecule has 3 rings (SSSR count). The van der Waals surface area contributed by atoms with Crippen molar-refractivity contribution < 1.29 is 4.79 Å². The first-order valence-electron chi connectivity index (χ1n) is 5.32. The molecule has 3 nitrogen and oxygen atoms in total. The number of anilines is 1. The molecule has 0 radical (unpaired) electrons. The number of halogens is 1. The molecule has 0 atom stereocenters. The molecule has 1 aromatic heterocycles. The highest BCUT2D eigenvalue weighted by atomic mass is 79.9. The van der Waals surface area contributed by atoms with E-state index in [2.05, 4.69) is 26.2 Å². The van der Waals surface area contributed by atoms with E-state index in [4.69, 9.17) is 0 Å². The lowest BCUT2D eigenvalue weighted by Gasteiger charge is -2.07. The number of hydrogen-bond donors (Lipinski definition) is 2. The average Bonchev–Trinajstić information content (AvgIpc) is 3.01. The number of amides is 1. The van der Waals surface area contributed by atoms with Gasteiger partial charge < -0.3 is 10.3 Å². The van der Waals surface area contributed by atoms with Crippen LogP contribution in [0.4, 0.5) is 5.69 Å². The number of carbonyl (C=O) groups is 1. The zero-order valence-corrected chi connectivity index (χ0v) is 10.2. The van der Waals surface area contributed by atoms with Crippen LogP contribution in [0.2, 0.25) is 0 Å². The summed E-state index contributed by atoms with van der Waals surface area (Å²) >= 11 is 3.51. The second kappa shape index (κ2) is 3.63. The van der Waals surface area contributed by atoms with Crippen LogP contribution in [0.25, 0.3) is 10.9 Å². The number of rotatable bonds is 2. The van der Waals surface area contributed by atoms with E-state index < -0.39 is 0 Å². The van der Waals surface area contributed by atoms with E-state index >= 15 is 0 Å². The topological polar surface area (TPSA) is 44.9 Å². The molecule has 82 valence electrons. The van der Waals surface area contributed by atoms with Gasteiger partial charge in [-0.15, -0.1) is 0 Å². The molecule has 0 saturated heterocycles. The summed E-state index contributed by atoms with van der Waals surface area (Å²) < 4.78 is 0.920. The van der Waals surface area contributed by atoms with E-state index in [1.54, 1.807) is 0 Å². The van der Waals surface area contributed by atoms with Crippen LogP contribution in [-0.4, -0.2) is 10.9 Å². The molecule has 1 saturated carbocycles. The van der Waals surface area contributed by atoms with Gasteiger partial charge in [-0.25, -0.2) is 0 Å². The van der Waals surface area contributed by atoms with Gasteiger partial charge in [0, 0.05) is 17.5 Å². The summed E-state index contributed by atoms with van der Waals surface area (Å²) in [6.07, 6.45) is 3.93. The van der Waals surface area contributed by atoms with Crippen LogP contribution in [0.15, 0.2) is 28.9 Å². The van der Waals surface area contributed by atoms with Crippen molar-refractivity contribution in [2.45, 2.75) is 12.8 Å². The highest BCUT2D eigenvalue weighted by Gasteiger charge is 2.29. The molecule has 2 N–H and O–H groups in total. The smallest absolute Gasteiger partial charge is 0.227 e. The average molecular weight is 279 g/mol. The maximum atomic E-state index is 11.7. The summed E-state index contributed by atoms with van der Waals surface area (Å²) in [7, 11) is 0. The van der Waals surface area contributed by atoms with Gasteiger partial charge in [0.2, 0.25) is 5.91 Å². The third-order valence-electron chi connectivity index (χ3n) is 2.87. The third kappa shape index (κ3) is 1.63. The maximum Gasteiger partial charge on any atom is 0.227 e. The Morgan fingerprint density at radius 3 is 2.94 bits per heavy atom. The number of nitrogens with one attached hydrogen (secondary N) is 2. The van der Waals surface area contributed by atoms with Crippen molar-refractivity contribution in [2.75, 3.05) is 5.32 Å². The highest BCUT2D eigenvalue weighted by Crippen LogP contribution is 2.34. The number of aromatic amines is 1. The molecule has 1 fully saturated rings. The lowest BCUT2D eigenvalue weighted by Crippen LogP contribution is -2.13. The quantitative estimate of drug-likeness (QED) is 0.870. The molecular weight excluding hydrogens is 268 g/mol. The summed E-state index contributed by atoms with van der Waals surface area (Å²) in [4.78, 5) is 14.8. The van der Waals surface area contributed by atoms with E-state index in [0.717, 1.165) is 33.9 Å². The van der Waals surface area contributed by atoms with Crippen molar-refractivity contribution in [3.63, 3.8) is 0 Å². The minimum atomic E-state index is 0.131.